The van der Waals surface area contributed by atoms with Gasteiger partial charge in [-0.1, -0.05) is 30.3 Å². The number of carbonyl (C=O) groups is 2. The van der Waals surface area contributed by atoms with Gasteiger partial charge in [0.05, 0.1) is 0 Å². The summed E-state index contributed by atoms with van der Waals surface area (Å²) in [6, 6.07) is 7.59. The van der Waals surface area contributed by atoms with E-state index in [-0.39, 0.29) is 5.56 Å². The van der Waals surface area contributed by atoms with Crippen molar-refractivity contribution >= 4 is 11.8 Å². The second kappa shape index (κ2) is 3.59. The molecule has 4 nitrogen and oxygen atoms in total. The van der Waals surface area contributed by atoms with Crippen molar-refractivity contribution in [2.75, 3.05) is 0 Å². The Labute approximate surface area is 80.8 Å². The molecule has 0 aliphatic rings. The lowest BCUT2D eigenvalue weighted by atomic mass is 9.90. The third kappa shape index (κ3) is 1.52. The van der Waals surface area contributed by atoms with E-state index >= 15 is 0 Å². The standard InChI is InChI=1S/C10H10O4/c1-7(11)10(14,9(12)13)8-5-3-2-4-6-8/h2-6,14H,1H3,(H,12,13)/t10-/m0/s1. The van der Waals surface area contributed by atoms with Gasteiger partial charge in [-0.25, -0.2) is 4.79 Å². The SMILES string of the molecule is CC(=O)[C@@](O)(C(=O)O)c1ccccc1. The van der Waals surface area contributed by atoms with Gasteiger partial charge in [-0.3, -0.25) is 4.79 Å². The molecule has 1 atom stereocenters. The fourth-order valence-corrected chi connectivity index (χ4v) is 1.16. The molecule has 0 aromatic heterocycles. The Kier molecular flexibility index (Phi) is 2.67. The topological polar surface area (TPSA) is 74.6 Å². The summed E-state index contributed by atoms with van der Waals surface area (Å²) >= 11 is 0. The van der Waals surface area contributed by atoms with Gasteiger partial charge in [0.1, 0.15) is 0 Å². The van der Waals surface area contributed by atoms with Crippen LogP contribution in [0.4, 0.5) is 0 Å². The van der Waals surface area contributed by atoms with Crippen LogP contribution in [0.15, 0.2) is 30.3 Å². The highest BCUT2D eigenvalue weighted by Crippen LogP contribution is 2.22. The Morgan fingerprint density at radius 1 is 1.21 bits per heavy atom. The summed E-state index contributed by atoms with van der Waals surface area (Å²) in [7, 11) is 0. The number of hydrogen-bond acceptors (Lipinski definition) is 3. The maximum absolute atomic E-state index is 11.1. The molecule has 4 heteroatoms. The van der Waals surface area contributed by atoms with Crippen molar-refractivity contribution < 1.29 is 19.8 Å². The van der Waals surface area contributed by atoms with Crippen molar-refractivity contribution in [1.29, 1.82) is 0 Å². The van der Waals surface area contributed by atoms with Crippen LogP contribution in [0.2, 0.25) is 0 Å². The van der Waals surface area contributed by atoms with E-state index in [1.165, 1.54) is 12.1 Å². The molecular formula is C10H10O4. The van der Waals surface area contributed by atoms with E-state index in [4.69, 9.17) is 5.11 Å². The molecule has 0 heterocycles. The van der Waals surface area contributed by atoms with E-state index in [1.807, 2.05) is 0 Å². The summed E-state index contributed by atoms with van der Waals surface area (Å²) in [5.74, 6) is -2.37. The van der Waals surface area contributed by atoms with E-state index in [1.54, 1.807) is 18.2 Å². The number of hydrogen-bond donors (Lipinski definition) is 2. The number of rotatable bonds is 3. The zero-order chi connectivity index (χ0) is 10.8. The lowest BCUT2D eigenvalue weighted by Gasteiger charge is -2.20. The minimum atomic E-state index is -2.43. The molecule has 0 aliphatic heterocycles. The second-order valence-electron chi connectivity index (χ2n) is 2.94. The van der Waals surface area contributed by atoms with Crippen LogP contribution in [0, 0.1) is 0 Å². The molecular weight excluding hydrogens is 184 g/mol. The van der Waals surface area contributed by atoms with E-state index in [0.29, 0.717) is 0 Å². The lowest BCUT2D eigenvalue weighted by molar-refractivity contribution is -0.165. The van der Waals surface area contributed by atoms with E-state index in [9.17, 15) is 14.7 Å². The molecule has 0 saturated carbocycles. The first kappa shape index (κ1) is 10.4. The zero-order valence-corrected chi connectivity index (χ0v) is 7.60. The zero-order valence-electron chi connectivity index (χ0n) is 7.60. The quantitative estimate of drug-likeness (QED) is 0.689. The summed E-state index contributed by atoms with van der Waals surface area (Å²) in [4.78, 5) is 21.9. The highest BCUT2D eigenvalue weighted by Gasteiger charge is 2.43. The van der Waals surface area contributed by atoms with Gasteiger partial charge in [-0.2, -0.15) is 0 Å². The smallest absolute Gasteiger partial charge is 0.348 e. The van der Waals surface area contributed by atoms with Crippen molar-refractivity contribution in [2.24, 2.45) is 0 Å². The third-order valence-electron chi connectivity index (χ3n) is 2.01. The van der Waals surface area contributed by atoms with E-state index in [2.05, 4.69) is 0 Å². The predicted octanol–water partition coefficient (Wildman–Crippen LogP) is 0.548. The van der Waals surface area contributed by atoms with Gasteiger partial charge in [0.2, 0.25) is 5.60 Å². The highest BCUT2D eigenvalue weighted by molar-refractivity contribution is 6.05. The van der Waals surface area contributed by atoms with Crippen LogP contribution in [0.3, 0.4) is 0 Å². The van der Waals surface area contributed by atoms with Crippen LogP contribution in [-0.4, -0.2) is 22.0 Å². The summed E-state index contributed by atoms with van der Waals surface area (Å²) < 4.78 is 0. The number of Topliss-reactive ketones (excluding diaryl/α,β-unsaturated/α-hetero) is 1. The summed E-state index contributed by atoms with van der Waals surface area (Å²) in [6.45, 7) is 1.04. The molecule has 14 heavy (non-hydrogen) atoms. The van der Waals surface area contributed by atoms with E-state index < -0.39 is 17.4 Å². The number of benzene rings is 1. The molecule has 1 aromatic rings. The molecule has 0 radical (unpaired) electrons. The molecule has 0 bridgehead atoms. The van der Waals surface area contributed by atoms with Crippen LogP contribution in [-0.2, 0) is 15.2 Å². The normalized spacial score (nSPS) is 14.4. The van der Waals surface area contributed by atoms with Crippen molar-refractivity contribution in [3.63, 3.8) is 0 Å². The predicted molar refractivity (Wildman–Crippen MR) is 48.7 cm³/mol. The van der Waals surface area contributed by atoms with Crippen molar-refractivity contribution in [3.8, 4) is 0 Å². The molecule has 0 unspecified atom stereocenters. The van der Waals surface area contributed by atoms with Crippen LogP contribution in [0.5, 0.6) is 0 Å². The molecule has 0 aliphatic carbocycles. The van der Waals surface area contributed by atoms with Crippen LogP contribution in [0.25, 0.3) is 0 Å². The van der Waals surface area contributed by atoms with Gasteiger partial charge in [0, 0.05) is 5.56 Å². The number of carboxylic acid groups (broad SMARTS) is 1. The Bertz CT molecular complexity index is 342. The van der Waals surface area contributed by atoms with Gasteiger partial charge in [0.25, 0.3) is 0 Å². The van der Waals surface area contributed by atoms with Gasteiger partial charge in [0.15, 0.2) is 5.78 Å². The first-order chi connectivity index (χ1) is 6.49. The van der Waals surface area contributed by atoms with Crippen LogP contribution < -0.4 is 0 Å². The minimum Gasteiger partial charge on any atom is -0.479 e. The van der Waals surface area contributed by atoms with Gasteiger partial charge < -0.3 is 10.2 Å². The fourth-order valence-electron chi connectivity index (χ4n) is 1.16. The van der Waals surface area contributed by atoms with Crippen LogP contribution >= 0.6 is 0 Å². The Balaban J connectivity index is 3.27. The molecule has 0 amide bonds. The van der Waals surface area contributed by atoms with E-state index in [0.717, 1.165) is 6.92 Å². The van der Waals surface area contributed by atoms with Gasteiger partial charge in [-0.05, 0) is 6.92 Å². The molecule has 1 aromatic carbocycles. The Hall–Kier alpha value is -1.68. The van der Waals surface area contributed by atoms with Gasteiger partial charge in [-0.15, -0.1) is 0 Å². The molecule has 0 fully saturated rings. The summed E-state index contributed by atoms with van der Waals surface area (Å²) in [5, 5.41) is 18.5. The maximum atomic E-state index is 11.1. The van der Waals surface area contributed by atoms with Crippen LogP contribution in [0.1, 0.15) is 12.5 Å². The lowest BCUT2D eigenvalue weighted by Crippen LogP contribution is -2.42. The fraction of sp³-hybridized carbons (Fsp3) is 0.200. The molecule has 2 N–H and O–H groups in total. The second-order valence-corrected chi connectivity index (χ2v) is 2.94. The number of aliphatic carboxylic acids is 1. The minimum absolute atomic E-state index is 0.0694. The number of aliphatic hydroxyl groups is 1. The molecule has 0 saturated heterocycles. The molecule has 0 spiro atoms. The van der Waals surface area contributed by atoms with Gasteiger partial charge >= 0.3 is 5.97 Å². The average molecular weight is 194 g/mol. The average Bonchev–Trinajstić information content (AvgIpc) is 2.17. The summed E-state index contributed by atoms with van der Waals surface area (Å²) in [6.07, 6.45) is 0. The maximum Gasteiger partial charge on any atom is 0.348 e. The van der Waals surface area contributed by atoms with Crippen molar-refractivity contribution in [2.45, 2.75) is 12.5 Å². The monoisotopic (exact) mass is 194 g/mol. The Morgan fingerprint density at radius 2 is 1.71 bits per heavy atom. The van der Waals surface area contributed by atoms with Crippen molar-refractivity contribution in [1.82, 2.24) is 0 Å². The highest BCUT2D eigenvalue weighted by atomic mass is 16.4. The first-order valence-electron chi connectivity index (χ1n) is 4.02. The number of carboxylic acids is 1. The third-order valence-corrected chi connectivity index (χ3v) is 2.01. The number of ketones is 1. The summed E-state index contributed by atoms with van der Waals surface area (Å²) in [5.41, 5.74) is -2.36. The Morgan fingerprint density at radius 3 is 2.07 bits per heavy atom. The van der Waals surface area contributed by atoms with Crippen molar-refractivity contribution in [3.05, 3.63) is 35.9 Å². The largest absolute Gasteiger partial charge is 0.479 e. The molecule has 1 rings (SSSR count). The first-order valence-corrected chi connectivity index (χ1v) is 4.02. The number of carbonyl (C=O) groups excluding carboxylic acids is 1. The molecule has 74 valence electrons.